The fraction of sp³-hybridized carbons (Fsp3) is 0.261. The molecule has 1 aliphatic rings. The van der Waals surface area contributed by atoms with E-state index in [1.165, 1.54) is 10.7 Å². The standard InChI is InChI=1S/C23H23ClN4O4/c1-31-19-8-3-16(15-20(19)32-2)23(30)27-13-11-26(12-14-27)21-9-10-22(29)28(25-21)18-6-4-17(24)5-7-18/h3-10,15H,11-14H2,1-2H3. The Morgan fingerprint density at radius 3 is 2.25 bits per heavy atom. The first-order chi connectivity index (χ1) is 15.5. The maximum atomic E-state index is 13.0. The summed E-state index contributed by atoms with van der Waals surface area (Å²) in [6, 6.07) is 15.3. The second-order valence-corrected chi connectivity index (χ2v) is 7.70. The Balaban J connectivity index is 1.47. The molecule has 0 unspecified atom stereocenters. The molecule has 9 heteroatoms. The van der Waals surface area contributed by atoms with Gasteiger partial charge in [-0.25, -0.2) is 0 Å². The number of amides is 1. The summed E-state index contributed by atoms with van der Waals surface area (Å²) < 4.78 is 11.9. The Labute approximate surface area is 190 Å². The molecule has 166 valence electrons. The zero-order valence-corrected chi connectivity index (χ0v) is 18.6. The van der Waals surface area contributed by atoms with Gasteiger partial charge in [0, 0.05) is 42.8 Å². The number of piperazine rings is 1. The second kappa shape index (κ2) is 9.32. The molecular weight excluding hydrogens is 432 g/mol. The average molecular weight is 455 g/mol. The zero-order chi connectivity index (χ0) is 22.7. The minimum Gasteiger partial charge on any atom is -0.493 e. The van der Waals surface area contributed by atoms with E-state index >= 15 is 0 Å². The molecule has 32 heavy (non-hydrogen) atoms. The normalized spacial score (nSPS) is 13.7. The molecule has 8 nitrogen and oxygen atoms in total. The van der Waals surface area contributed by atoms with Crippen LogP contribution in [0.5, 0.6) is 11.5 Å². The topological polar surface area (TPSA) is 76.9 Å². The summed E-state index contributed by atoms with van der Waals surface area (Å²) in [7, 11) is 3.10. The van der Waals surface area contributed by atoms with Gasteiger partial charge in [-0.15, -0.1) is 5.10 Å². The number of nitrogens with zero attached hydrogens (tertiary/aromatic N) is 4. The highest BCUT2D eigenvalue weighted by molar-refractivity contribution is 6.30. The molecule has 1 amide bonds. The van der Waals surface area contributed by atoms with Crippen molar-refractivity contribution in [1.29, 1.82) is 0 Å². The van der Waals surface area contributed by atoms with Gasteiger partial charge in [0.05, 0.1) is 19.9 Å². The molecule has 2 aromatic carbocycles. The van der Waals surface area contributed by atoms with Crippen molar-refractivity contribution in [3.05, 3.63) is 75.5 Å². The van der Waals surface area contributed by atoms with Crippen LogP contribution in [0, 0.1) is 0 Å². The number of carbonyl (C=O) groups is 1. The van der Waals surface area contributed by atoms with Crippen LogP contribution in [-0.2, 0) is 0 Å². The van der Waals surface area contributed by atoms with Gasteiger partial charge in [-0.2, -0.15) is 4.68 Å². The van der Waals surface area contributed by atoms with E-state index in [0.29, 0.717) is 59.8 Å². The lowest BCUT2D eigenvalue weighted by atomic mass is 10.1. The first kappa shape index (κ1) is 21.7. The Kier molecular flexibility index (Phi) is 6.32. The molecule has 0 aliphatic carbocycles. The van der Waals surface area contributed by atoms with Gasteiger partial charge in [-0.05, 0) is 48.5 Å². The number of aromatic nitrogens is 2. The van der Waals surface area contributed by atoms with Crippen LogP contribution in [0.3, 0.4) is 0 Å². The Morgan fingerprint density at radius 2 is 1.59 bits per heavy atom. The summed E-state index contributed by atoms with van der Waals surface area (Å²) in [5.41, 5.74) is 0.965. The molecule has 1 saturated heterocycles. The smallest absolute Gasteiger partial charge is 0.271 e. The zero-order valence-electron chi connectivity index (χ0n) is 17.8. The Morgan fingerprint density at radius 1 is 0.906 bits per heavy atom. The van der Waals surface area contributed by atoms with Crippen LogP contribution in [0.1, 0.15) is 10.4 Å². The number of benzene rings is 2. The summed E-state index contributed by atoms with van der Waals surface area (Å²) >= 11 is 5.95. The molecule has 1 aliphatic heterocycles. The predicted molar refractivity (Wildman–Crippen MR) is 123 cm³/mol. The molecule has 0 saturated carbocycles. The van der Waals surface area contributed by atoms with Crippen molar-refractivity contribution in [3.63, 3.8) is 0 Å². The lowest BCUT2D eigenvalue weighted by Crippen LogP contribution is -2.49. The fourth-order valence-corrected chi connectivity index (χ4v) is 3.75. The molecule has 0 spiro atoms. The van der Waals surface area contributed by atoms with Crippen LogP contribution in [-0.4, -0.2) is 61.0 Å². The average Bonchev–Trinajstić information content (AvgIpc) is 2.84. The van der Waals surface area contributed by atoms with Crippen LogP contribution in [0.4, 0.5) is 5.82 Å². The first-order valence-corrected chi connectivity index (χ1v) is 10.5. The van der Waals surface area contributed by atoms with Crippen LogP contribution in [0.25, 0.3) is 5.69 Å². The monoisotopic (exact) mass is 454 g/mol. The molecule has 4 rings (SSSR count). The fourth-order valence-electron chi connectivity index (χ4n) is 3.63. The van der Waals surface area contributed by atoms with Crippen molar-refractivity contribution in [2.24, 2.45) is 0 Å². The summed E-state index contributed by atoms with van der Waals surface area (Å²) in [5.74, 6) is 1.71. The maximum absolute atomic E-state index is 13.0. The number of rotatable bonds is 5. The van der Waals surface area contributed by atoms with E-state index in [2.05, 4.69) is 10.00 Å². The van der Waals surface area contributed by atoms with E-state index in [9.17, 15) is 9.59 Å². The highest BCUT2D eigenvalue weighted by atomic mass is 35.5. The van der Waals surface area contributed by atoms with E-state index in [1.54, 1.807) is 67.7 Å². The van der Waals surface area contributed by atoms with Gasteiger partial charge < -0.3 is 19.3 Å². The van der Waals surface area contributed by atoms with Crippen LogP contribution >= 0.6 is 11.6 Å². The lowest BCUT2D eigenvalue weighted by molar-refractivity contribution is 0.0746. The highest BCUT2D eigenvalue weighted by Gasteiger charge is 2.24. The van der Waals surface area contributed by atoms with E-state index < -0.39 is 0 Å². The number of hydrogen-bond acceptors (Lipinski definition) is 6. The molecule has 3 aromatic rings. The molecule has 0 radical (unpaired) electrons. The molecular formula is C23H23ClN4O4. The third-order valence-corrected chi connectivity index (χ3v) is 5.63. The van der Waals surface area contributed by atoms with E-state index in [1.807, 2.05) is 0 Å². The third-order valence-electron chi connectivity index (χ3n) is 5.38. The number of hydrogen-bond donors (Lipinski definition) is 0. The van der Waals surface area contributed by atoms with E-state index in [-0.39, 0.29) is 11.5 Å². The van der Waals surface area contributed by atoms with Gasteiger partial charge in [-0.1, -0.05) is 11.6 Å². The van der Waals surface area contributed by atoms with Crippen LogP contribution < -0.4 is 19.9 Å². The lowest BCUT2D eigenvalue weighted by Gasteiger charge is -2.35. The number of halogens is 1. The van der Waals surface area contributed by atoms with E-state index in [0.717, 1.165) is 0 Å². The Hall–Kier alpha value is -3.52. The van der Waals surface area contributed by atoms with Gasteiger partial charge in [-0.3, -0.25) is 9.59 Å². The number of ether oxygens (including phenoxy) is 2. The summed E-state index contributed by atoms with van der Waals surface area (Å²) in [6.45, 7) is 2.28. The molecule has 0 bridgehead atoms. The minimum absolute atomic E-state index is 0.0651. The quantitative estimate of drug-likeness (QED) is 0.590. The van der Waals surface area contributed by atoms with Gasteiger partial charge in [0.15, 0.2) is 11.5 Å². The van der Waals surface area contributed by atoms with Gasteiger partial charge in [0.2, 0.25) is 0 Å². The van der Waals surface area contributed by atoms with Gasteiger partial charge in [0.25, 0.3) is 11.5 Å². The summed E-state index contributed by atoms with van der Waals surface area (Å²) in [4.78, 5) is 29.1. The van der Waals surface area contributed by atoms with Crippen molar-refractivity contribution in [1.82, 2.24) is 14.7 Å². The molecule has 0 atom stereocenters. The van der Waals surface area contributed by atoms with Gasteiger partial charge >= 0.3 is 0 Å². The molecule has 2 heterocycles. The number of methoxy groups -OCH3 is 2. The highest BCUT2D eigenvalue weighted by Crippen LogP contribution is 2.28. The van der Waals surface area contributed by atoms with Gasteiger partial charge in [0.1, 0.15) is 5.82 Å². The number of anilines is 1. The third kappa shape index (κ3) is 4.40. The molecule has 1 fully saturated rings. The van der Waals surface area contributed by atoms with Crippen molar-refractivity contribution < 1.29 is 14.3 Å². The van der Waals surface area contributed by atoms with E-state index in [4.69, 9.17) is 21.1 Å². The SMILES string of the molecule is COc1ccc(C(=O)N2CCN(c3ccc(=O)n(-c4ccc(Cl)cc4)n3)CC2)cc1OC. The van der Waals surface area contributed by atoms with Crippen molar-refractivity contribution in [3.8, 4) is 17.2 Å². The number of carbonyl (C=O) groups excluding carboxylic acids is 1. The Bertz CT molecular complexity index is 1170. The van der Waals surface area contributed by atoms with Crippen LogP contribution in [0.15, 0.2) is 59.4 Å². The van der Waals surface area contributed by atoms with Crippen molar-refractivity contribution in [2.75, 3.05) is 45.3 Å². The summed E-state index contributed by atoms with van der Waals surface area (Å²) in [6.07, 6.45) is 0. The molecule has 0 N–H and O–H groups in total. The minimum atomic E-state index is -0.224. The van der Waals surface area contributed by atoms with Crippen molar-refractivity contribution in [2.45, 2.75) is 0 Å². The predicted octanol–water partition coefficient (Wildman–Crippen LogP) is 2.87. The van der Waals surface area contributed by atoms with Crippen molar-refractivity contribution >= 4 is 23.3 Å². The molecule has 1 aromatic heterocycles. The summed E-state index contributed by atoms with van der Waals surface area (Å²) in [5, 5.41) is 5.11. The first-order valence-electron chi connectivity index (χ1n) is 10.1. The second-order valence-electron chi connectivity index (χ2n) is 7.27. The van der Waals surface area contributed by atoms with Crippen LogP contribution in [0.2, 0.25) is 5.02 Å². The largest absolute Gasteiger partial charge is 0.493 e. The maximum Gasteiger partial charge on any atom is 0.271 e.